The number of nitrogens with zero attached hydrogens (tertiary/aromatic N) is 5. The van der Waals surface area contributed by atoms with Crippen LogP contribution in [0, 0.1) is 13.8 Å². The van der Waals surface area contributed by atoms with Gasteiger partial charge in [0.15, 0.2) is 0 Å². The van der Waals surface area contributed by atoms with Crippen molar-refractivity contribution in [1.82, 2.24) is 29.8 Å². The number of carbonyl (C=O) groups excluding carboxylic acids is 2. The van der Waals surface area contributed by atoms with E-state index in [0.717, 1.165) is 42.9 Å². The molecule has 3 heterocycles. The van der Waals surface area contributed by atoms with E-state index < -0.39 is 0 Å². The Morgan fingerprint density at radius 3 is 2.81 bits per heavy atom. The fraction of sp³-hybridized carbons (Fsp3) is 0.611. The standard InChI is InChI=1S/C18H26N6O2S/c1-12-14(13(2)24-17(20-12)21-18(22-24)27-3)7-8-15(25)19-9-5-11-23-10-4-6-16(23)26/h4-11H2,1-3H3,(H,19,25). The largest absolute Gasteiger partial charge is 0.356 e. The van der Waals surface area contributed by atoms with Crippen LogP contribution < -0.4 is 5.32 Å². The van der Waals surface area contributed by atoms with E-state index in [2.05, 4.69) is 20.4 Å². The third kappa shape index (κ3) is 4.58. The lowest BCUT2D eigenvalue weighted by molar-refractivity contribution is -0.127. The van der Waals surface area contributed by atoms with Crippen molar-refractivity contribution in [2.45, 2.75) is 51.1 Å². The van der Waals surface area contributed by atoms with E-state index in [1.54, 1.807) is 4.52 Å². The summed E-state index contributed by atoms with van der Waals surface area (Å²) in [4.78, 5) is 34.5. The number of carbonyl (C=O) groups is 2. The van der Waals surface area contributed by atoms with Gasteiger partial charge in [0.05, 0.1) is 0 Å². The molecule has 9 heteroatoms. The molecule has 2 aromatic rings. The number of aromatic nitrogens is 4. The molecule has 27 heavy (non-hydrogen) atoms. The van der Waals surface area contributed by atoms with Crippen molar-refractivity contribution >= 4 is 29.4 Å². The van der Waals surface area contributed by atoms with Crippen molar-refractivity contribution in [3.8, 4) is 0 Å². The number of hydrogen-bond donors (Lipinski definition) is 1. The molecule has 0 atom stereocenters. The van der Waals surface area contributed by atoms with Crippen LogP contribution in [-0.4, -0.2) is 62.2 Å². The summed E-state index contributed by atoms with van der Waals surface area (Å²) in [6.45, 7) is 6.10. The van der Waals surface area contributed by atoms with Crippen LogP contribution in [0.2, 0.25) is 0 Å². The Labute approximate surface area is 163 Å². The molecule has 0 aliphatic carbocycles. The van der Waals surface area contributed by atoms with Crippen molar-refractivity contribution in [3.05, 3.63) is 17.0 Å². The van der Waals surface area contributed by atoms with Crippen LogP contribution in [0.1, 0.15) is 42.6 Å². The quantitative estimate of drug-likeness (QED) is 0.543. The third-order valence-electron chi connectivity index (χ3n) is 4.91. The molecule has 0 aromatic carbocycles. The molecule has 1 N–H and O–H groups in total. The van der Waals surface area contributed by atoms with Crippen molar-refractivity contribution in [2.75, 3.05) is 25.9 Å². The second-order valence-corrected chi connectivity index (χ2v) is 7.53. The van der Waals surface area contributed by atoms with E-state index in [1.807, 2.05) is 25.0 Å². The van der Waals surface area contributed by atoms with Crippen LogP contribution >= 0.6 is 11.8 Å². The molecule has 146 valence electrons. The lowest BCUT2D eigenvalue weighted by atomic mass is 10.1. The molecule has 1 aliphatic heterocycles. The number of amides is 2. The molecule has 8 nitrogen and oxygen atoms in total. The minimum Gasteiger partial charge on any atom is -0.356 e. The molecule has 0 radical (unpaired) electrons. The summed E-state index contributed by atoms with van der Waals surface area (Å²) in [5, 5.41) is 8.07. The zero-order valence-electron chi connectivity index (χ0n) is 16.1. The van der Waals surface area contributed by atoms with Gasteiger partial charge in [0, 0.05) is 43.9 Å². The summed E-state index contributed by atoms with van der Waals surface area (Å²) >= 11 is 1.48. The summed E-state index contributed by atoms with van der Waals surface area (Å²) < 4.78 is 1.75. The second kappa shape index (κ2) is 8.69. The molecular weight excluding hydrogens is 364 g/mol. The molecule has 1 saturated heterocycles. The Hall–Kier alpha value is -2.16. The van der Waals surface area contributed by atoms with Gasteiger partial charge < -0.3 is 10.2 Å². The molecule has 0 spiro atoms. The number of fused-ring (bicyclic) bond motifs is 1. The molecular formula is C18H26N6O2S. The maximum absolute atomic E-state index is 12.2. The first-order chi connectivity index (χ1) is 13.0. The van der Waals surface area contributed by atoms with E-state index >= 15 is 0 Å². The number of aryl methyl sites for hydroxylation is 2. The number of rotatable bonds is 8. The first-order valence-electron chi connectivity index (χ1n) is 9.31. The SMILES string of the molecule is CSc1nc2nc(C)c(CCC(=O)NCCCN3CCCC3=O)c(C)n2n1. The van der Waals surface area contributed by atoms with Crippen LogP contribution in [0.15, 0.2) is 5.16 Å². The van der Waals surface area contributed by atoms with Gasteiger partial charge in [-0.1, -0.05) is 11.8 Å². The topological polar surface area (TPSA) is 92.5 Å². The van der Waals surface area contributed by atoms with E-state index in [0.29, 0.717) is 36.7 Å². The molecule has 0 unspecified atom stereocenters. The molecule has 3 rings (SSSR count). The maximum Gasteiger partial charge on any atom is 0.253 e. The van der Waals surface area contributed by atoms with E-state index in [4.69, 9.17) is 0 Å². The first-order valence-corrected chi connectivity index (χ1v) is 10.5. The van der Waals surface area contributed by atoms with Crippen LogP contribution in [0.4, 0.5) is 0 Å². The summed E-state index contributed by atoms with van der Waals surface area (Å²) in [6.07, 6.45) is 5.36. The van der Waals surface area contributed by atoms with Gasteiger partial charge in [-0.3, -0.25) is 9.59 Å². The van der Waals surface area contributed by atoms with Crippen LogP contribution in [0.3, 0.4) is 0 Å². The lowest BCUT2D eigenvalue weighted by Gasteiger charge is -2.15. The highest BCUT2D eigenvalue weighted by Gasteiger charge is 2.19. The maximum atomic E-state index is 12.2. The minimum atomic E-state index is 0.0186. The Morgan fingerprint density at radius 1 is 1.30 bits per heavy atom. The van der Waals surface area contributed by atoms with Crippen molar-refractivity contribution in [1.29, 1.82) is 0 Å². The van der Waals surface area contributed by atoms with E-state index in [9.17, 15) is 9.59 Å². The number of thioether (sulfide) groups is 1. The highest BCUT2D eigenvalue weighted by atomic mass is 32.2. The highest BCUT2D eigenvalue weighted by Crippen LogP contribution is 2.18. The fourth-order valence-corrected chi connectivity index (χ4v) is 3.74. The van der Waals surface area contributed by atoms with Crippen molar-refractivity contribution in [3.63, 3.8) is 0 Å². The van der Waals surface area contributed by atoms with Gasteiger partial charge in [-0.15, -0.1) is 5.10 Å². The van der Waals surface area contributed by atoms with Crippen LogP contribution in [0.5, 0.6) is 0 Å². The Balaban J connectivity index is 1.50. The van der Waals surface area contributed by atoms with Gasteiger partial charge in [0.1, 0.15) is 0 Å². The number of likely N-dealkylation sites (tertiary alicyclic amines) is 1. The molecule has 0 saturated carbocycles. The highest BCUT2D eigenvalue weighted by molar-refractivity contribution is 7.98. The average Bonchev–Trinajstić information content (AvgIpc) is 3.24. The second-order valence-electron chi connectivity index (χ2n) is 6.76. The molecule has 1 aliphatic rings. The van der Waals surface area contributed by atoms with E-state index in [1.165, 1.54) is 11.8 Å². The Bertz CT molecular complexity index is 850. The normalized spacial score (nSPS) is 14.3. The smallest absolute Gasteiger partial charge is 0.253 e. The summed E-state index contributed by atoms with van der Waals surface area (Å²) in [6, 6.07) is 0. The average molecular weight is 391 g/mol. The zero-order chi connectivity index (χ0) is 19.4. The van der Waals surface area contributed by atoms with Crippen molar-refractivity contribution in [2.24, 2.45) is 0 Å². The summed E-state index contributed by atoms with van der Waals surface area (Å²) in [7, 11) is 0. The van der Waals surface area contributed by atoms with Gasteiger partial charge in [-0.05, 0) is 44.9 Å². The fourth-order valence-electron chi connectivity index (χ4n) is 3.40. The molecule has 1 fully saturated rings. The molecule has 2 aromatic heterocycles. The summed E-state index contributed by atoms with van der Waals surface area (Å²) in [5.41, 5.74) is 2.91. The van der Waals surface area contributed by atoms with E-state index in [-0.39, 0.29) is 11.8 Å². The van der Waals surface area contributed by atoms with Crippen LogP contribution in [-0.2, 0) is 16.0 Å². The van der Waals surface area contributed by atoms with Gasteiger partial charge in [-0.2, -0.15) is 4.98 Å². The zero-order valence-corrected chi connectivity index (χ0v) is 16.9. The summed E-state index contributed by atoms with van der Waals surface area (Å²) in [5.74, 6) is 0.844. The Kier molecular flexibility index (Phi) is 6.30. The van der Waals surface area contributed by atoms with Crippen molar-refractivity contribution < 1.29 is 9.59 Å². The predicted molar refractivity (Wildman–Crippen MR) is 104 cm³/mol. The monoisotopic (exact) mass is 390 g/mol. The van der Waals surface area contributed by atoms with Gasteiger partial charge in [-0.25, -0.2) is 9.50 Å². The van der Waals surface area contributed by atoms with Gasteiger partial charge in [0.25, 0.3) is 5.78 Å². The molecule has 2 amide bonds. The number of nitrogens with one attached hydrogen (secondary N) is 1. The lowest BCUT2D eigenvalue weighted by Crippen LogP contribution is -2.30. The van der Waals surface area contributed by atoms with Gasteiger partial charge in [0.2, 0.25) is 17.0 Å². The minimum absolute atomic E-state index is 0.0186. The number of hydrogen-bond acceptors (Lipinski definition) is 6. The predicted octanol–water partition coefficient (Wildman–Crippen LogP) is 1.52. The first kappa shape index (κ1) is 19.6. The van der Waals surface area contributed by atoms with Gasteiger partial charge >= 0.3 is 0 Å². The third-order valence-corrected chi connectivity index (χ3v) is 5.45. The molecule has 0 bridgehead atoms. The Morgan fingerprint density at radius 2 is 2.11 bits per heavy atom. The van der Waals surface area contributed by atoms with Crippen LogP contribution in [0.25, 0.3) is 5.78 Å².